The molecule has 1 aromatic carbocycles. The molecular weight excluding hydrogens is 296 g/mol. The molecule has 1 fully saturated rings. The van der Waals surface area contributed by atoms with E-state index in [1.807, 2.05) is 12.1 Å². The molecule has 0 unspecified atom stereocenters. The van der Waals surface area contributed by atoms with Gasteiger partial charge in [0.05, 0.1) is 7.11 Å². The fourth-order valence-corrected chi connectivity index (χ4v) is 3.24. The SMILES string of the molecule is COc1ccc([C@H]2C[C@@]3(NC(C)=O)O[C@]2(C#N)C=CC3=O)cc1. The van der Waals surface area contributed by atoms with E-state index in [9.17, 15) is 14.9 Å². The number of fused-ring (bicyclic) bond motifs is 2. The van der Waals surface area contributed by atoms with Crippen LogP contribution in [0.25, 0.3) is 0 Å². The van der Waals surface area contributed by atoms with Gasteiger partial charge in [0.15, 0.2) is 5.60 Å². The van der Waals surface area contributed by atoms with Crippen LogP contribution in [0.1, 0.15) is 24.8 Å². The Morgan fingerprint density at radius 2 is 2.13 bits per heavy atom. The van der Waals surface area contributed by atoms with Crippen LogP contribution in [0.15, 0.2) is 36.4 Å². The molecule has 2 aliphatic rings. The van der Waals surface area contributed by atoms with Crippen LogP contribution in [0.4, 0.5) is 0 Å². The first kappa shape index (κ1) is 15.3. The molecule has 0 aromatic heterocycles. The number of rotatable bonds is 3. The maximum atomic E-state index is 12.3. The second kappa shape index (κ2) is 5.21. The number of ether oxygens (including phenoxy) is 2. The minimum Gasteiger partial charge on any atom is -0.497 e. The summed E-state index contributed by atoms with van der Waals surface area (Å²) in [5, 5.41) is 12.2. The Morgan fingerprint density at radius 3 is 2.70 bits per heavy atom. The molecule has 1 N–H and O–H groups in total. The van der Waals surface area contributed by atoms with Crippen molar-refractivity contribution in [3.05, 3.63) is 42.0 Å². The van der Waals surface area contributed by atoms with E-state index in [-0.39, 0.29) is 24.0 Å². The van der Waals surface area contributed by atoms with Crippen LogP contribution in [-0.4, -0.2) is 30.1 Å². The van der Waals surface area contributed by atoms with Crippen molar-refractivity contribution in [1.82, 2.24) is 5.32 Å². The zero-order chi connectivity index (χ0) is 16.7. The molecule has 0 radical (unpaired) electrons. The lowest BCUT2D eigenvalue weighted by Gasteiger charge is -2.32. The van der Waals surface area contributed by atoms with Crippen LogP contribution < -0.4 is 10.1 Å². The number of hydrogen-bond donors (Lipinski definition) is 1. The number of amides is 1. The van der Waals surface area contributed by atoms with E-state index >= 15 is 0 Å². The van der Waals surface area contributed by atoms with Crippen LogP contribution in [0.5, 0.6) is 5.75 Å². The number of carbonyl (C=O) groups is 2. The number of ketones is 1. The maximum absolute atomic E-state index is 12.3. The van der Waals surface area contributed by atoms with Crippen LogP contribution in [-0.2, 0) is 14.3 Å². The lowest BCUT2D eigenvalue weighted by molar-refractivity contribution is -0.153. The van der Waals surface area contributed by atoms with Gasteiger partial charge in [-0.2, -0.15) is 5.26 Å². The standard InChI is InChI=1S/C17H16N2O4/c1-11(20)19-17-9-14(12-3-5-13(22-2)6-4-12)16(10-18,23-17)8-7-15(17)21/h3-8,14H,9H2,1-2H3,(H,19,20)/t14-,16+,17-/m1/s1. The van der Waals surface area contributed by atoms with E-state index in [1.165, 1.54) is 19.1 Å². The van der Waals surface area contributed by atoms with Crippen LogP contribution in [0.2, 0.25) is 0 Å². The minimum atomic E-state index is -1.47. The number of nitrogens with one attached hydrogen (secondary N) is 1. The fourth-order valence-electron chi connectivity index (χ4n) is 3.24. The Kier molecular flexibility index (Phi) is 3.46. The highest BCUT2D eigenvalue weighted by molar-refractivity contribution is 6.01. The van der Waals surface area contributed by atoms with Gasteiger partial charge in [-0.15, -0.1) is 0 Å². The smallest absolute Gasteiger partial charge is 0.219 e. The second-order valence-electron chi connectivity index (χ2n) is 5.74. The highest BCUT2D eigenvalue weighted by atomic mass is 16.6. The van der Waals surface area contributed by atoms with E-state index < -0.39 is 11.3 Å². The zero-order valence-corrected chi connectivity index (χ0v) is 12.8. The van der Waals surface area contributed by atoms with E-state index in [4.69, 9.17) is 9.47 Å². The second-order valence-corrected chi connectivity index (χ2v) is 5.74. The number of nitriles is 1. The van der Waals surface area contributed by atoms with Gasteiger partial charge in [-0.3, -0.25) is 9.59 Å². The topological polar surface area (TPSA) is 88.4 Å². The third kappa shape index (κ3) is 2.30. The number of benzene rings is 1. The molecule has 2 heterocycles. The molecule has 0 spiro atoms. The largest absolute Gasteiger partial charge is 0.497 e. The van der Waals surface area contributed by atoms with Crippen molar-refractivity contribution in [3.8, 4) is 11.8 Å². The van der Waals surface area contributed by atoms with Gasteiger partial charge in [0.1, 0.15) is 11.8 Å². The lowest BCUT2D eigenvalue weighted by atomic mass is 9.82. The molecule has 2 bridgehead atoms. The van der Waals surface area contributed by atoms with Gasteiger partial charge < -0.3 is 14.8 Å². The Bertz CT molecular complexity index is 734. The molecule has 6 nitrogen and oxygen atoms in total. The van der Waals surface area contributed by atoms with E-state index in [2.05, 4.69) is 11.4 Å². The van der Waals surface area contributed by atoms with Crippen molar-refractivity contribution in [2.45, 2.75) is 30.6 Å². The van der Waals surface area contributed by atoms with Crippen molar-refractivity contribution >= 4 is 11.7 Å². The number of methoxy groups -OCH3 is 1. The van der Waals surface area contributed by atoms with Crippen LogP contribution >= 0.6 is 0 Å². The average Bonchev–Trinajstić information content (AvgIpc) is 2.82. The summed E-state index contributed by atoms with van der Waals surface area (Å²) >= 11 is 0. The number of hydrogen-bond acceptors (Lipinski definition) is 5. The predicted octanol–water partition coefficient (Wildman–Crippen LogP) is 1.43. The molecule has 3 rings (SSSR count). The summed E-state index contributed by atoms with van der Waals surface area (Å²) in [7, 11) is 1.57. The molecule has 6 heteroatoms. The van der Waals surface area contributed by atoms with Gasteiger partial charge in [-0.1, -0.05) is 12.1 Å². The monoisotopic (exact) mass is 312 g/mol. The summed E-state index contributed by atoms with van der Waals surface area (Å²) < 4.78 is 10.9. The fraction of sp³-hybridized carbons (Fsp3) is 0.353. The normalized spacial score (nSPS) is 31.5. The molecule has 3 atom stereocenters. The molecule has 1 aromatic rings. The first-order valence-electron chi connectivity index (χ1n) is 7.22. The highest BCUT2D eigenvalue weighted by Gasteiger charge is 2.61. The van der Waals surface area contributed by atoms with Crippen molar-refractivity contribution in [1.29, 1.82) is 5.26 Å². The zero-order valence-electron chi connectivity index (χ0n) is 12.8. The first-order valence-corrected chi connectivity index (χ1v) is 7.22. The van der Waals surface area contributed by atoms with Gasteiger partial charge in [0.25, 0.3) is 0 Å². The third-order valence-electron chi connectivity index (χ3n) is 4.30. The van der Waals surface area contributed by atoms with Crippen LogP contribution in [0, 0.1) is 11.3 Å². The molecule has 118 valence electrons. The highest BCUT2D eigenvalue weighted by Crippen LogP contribution is 2.50. The summed E-state index contributed by atoms with van der Waals surface area (Å²) in [4.78, 5) is 23.8. The van der Waals surface area contributed by atoms with Gasteiger partial charge >= 0.3 is 0 Å². The summed E-state index contributed by atoms with van der Waals surface area (Å²) in [6.07, 6.45) is 3.02. The quantitative estimate of drug-likeness (QED) is 0.912. The number of carbonyl (C=O) groups excluding carboxylic acids is 2. The Hall–Kier alpha value is -2.65. The van der Waals surface area contributed by atoms with Gasteiger partial charge in [-0.25, -0.2) is 0 Å². The summed E-state index contributed by atoms with van der Waals surface area (Å²) in [6, 6.07) is 9.42. The first-order chi connectivity index (χ1) is 10.9. The van der Waals surface area contributed by atoms with E-state index in [1.54, 1.807) is 19.2 Å². The van der Waals surface area contributed by atoms with Gasteiger partial charge in [0.2, 0.25) is 17.4 Å². The van der Waals surface area contributed by atoms with Crippen molar-refractivity contribution in [3.63, 3.8) is 0 Å². The van der Waals surface area contributed by atoms with Crippen molar-refractivity contribution in [2.24, 2.45) is 0 Å². The molecule has 1 saturated heterocycles. The van der Waals surface area contributed by atoms with E-state index in [0.29, 0.717) is 5.75 Å². The Morgan fingerprint density at radius 1 is 1.43 bits per heavy atom. The maximum Gasteiger partial charge on any atom is 0.219 e. The summed E-state index contributed by atoms with van der Waals surface area (Å²) in [5.74, 6) is -0.400. The summed E-state index contributed by atoms with van der Waals surface area (Å²) in [5.41, 5.74) is -1.90. The minimum absolute atomic E-state index is 0.207. The van der Waals surface area contributed by atoms with Gasteiger partial charge in [-0.05, 0) is 29.8 Å². The number of nitrogens with zero attached hydrogens (tertiary/aromatic N) is 1. The molecule has 2 aliphatic heterocycles. The molecular formula is C17H16N2O4. The molecule has 23 heavy (non-hydrogen) atoms. The molecule has 1 amide bonds. The van der Waals surface area contributed by atoms with Gasteiger partial charge in [0, 0.05) is 19.3 Å². The Balaban J connectivity index is 2.04. The molecule has 0 saturated carbocycles. The van der Waals surface area contributed by atoms with Crippen molar-refractivity contribution in [2.75, 3.05) is 7.11 Å². The third-order valence-corrected chi connectivity index (χ3v) is 4.30. The predicted molar refractivity (Wildman–Crippen MR) is 80.5 cm³/mol. The van der Waals surface area contributed by atoms with Crippen LogP contribution in [0.3, 0.4) is 0 Å². The molecule has 0 aliphatic carbocycles. The van der Waals surface area contributed by atoms with E-state index in [0.717, 1.165) is 5.56 Å². The summed E-state index contributed by atoms with van der Waals surface area (Å²) in [6.45, 7) is 1.32. The lowest BCUT2D eigenvalue weighted by Crippen LogP contribution is -2.56. The Labute approximate surface area is 133 Å². The average molecular weight is 312 g/mol. The van der Waals surface area contributed by atoms with Crippen molar-refractivity contribution < 1.29 is 19.1 Å².